The Labute approximate surface area is 104 Å². The lowest BCUT2D eigenvalue weighted by Gasteiger charge is -2.18. The number of nitrogens with one attached hydrogen (secondary N) is 2. The Hall–Kier alpha value is -2.18. The van der Waals surface area contributed by atoms with Gasteiger partial charge in [0.2, 0.25) is 5.91 Å². The Bertz CT molecular complexity index is 466. The SMILES string of the molecule is CN1N=C(C(=O)NCCc2cnc[nH]2)CCC1=O. The minimum Gasteiger partial charge on any atom is -0.351 e. The van der Waals surface area contributed by atoms with Crippen molar-refractivity contribution in [3.63, 3.8) is 0 Å². The van der Waals surface area contributed by atoms with Crippen molar-refractivity contribution in [3.8, 4) is 0 Å². The van der Waals surface area contributed by atoms with Crippen molar-refractivity contribution < 1.29 is 9.59 Å². The molecule has 0 saturated heterocycles. The largest absolute Gasteiger partial charge is 0.351 e. The predicted molar refractivity (Wildman–Crippen MR) is 64.7 cm³/mol. The van der Waals surface area contributed by atoms with Crippen molar-refractivity contribution in [2.24, 2.45) is 5.10 Å². The molecule has 0 bridgehead atoms. The number of nitrogens with zero attached hydrogens (tertiary/aromatic N) is 3. The molecule has 96 valence electrons. The molecule has 0 fully saturated rings. The van der Waals surface area contributed by atoms with E-state index in [1.54, 1.807) is 19.6 Å². The Kier molecular flexibility index (Phi) is 3.71. The minimum atomic E-state index is -0.214. The van der Waals surface area contributed by atoms with Gasteiger partial charge in [0.25, 0.3) is 5.91 Å². The van der Waals surface area contributed by atoms with Gasteiger partial charge in [0, 0.05) is 44.7 Å². The van der Waals surface area contributed by atoms with Crippen LogP contribution in [0.5, 0.6) is 0 Å². The van der Waals surface area contributed by atoms with E-state index < -0.39 is 0 Å². The van der Waals surface area contributed by atoms with E-state index >= 15 is 0 Å². The summed E-state index contributed by atoms with van der Waals surface area (Å²) in [6, 6.07) is 0. The number of hydrazone groups is 1. The van der Waals surface area contributed by atoms with Crippen LogP contribution >= 0.6 is 0 Å². The molecule has 0 aliphatic carbocycles. The molecule has 0 saturated carbocycles. The van der Waals surface area contributed by atoms with E-state index in [1.165, 1.54) is 5.01 Å². The van der Waals surface area contributed by atoms with E-state index in [-0.39, 0.29) is 11.8 Å². The summed E-state index contributed by atoms with van der Waals surface area (Å²) in [6.07, 6.45) is 4.75. The van der Waals surface area contributed by atoms with Crippen LogP contribution in [0.4, 0.5) is 0 Å². The zero-order valence-electron chi connectivity index (χ0n) is 10.1. The van der Waals surface area contributed by atoms with Gasteiger partial charge in [-0.3, -0.25) is 9.59 Å². The van der Waals surface area contributed by atoms with Crippen LogP contribution in [0.1, 0.15) is 18.5 Å². The van der Waals surface area contributed by atoms with Crippen LogP contribution in [0, 0.1) is 0 Å². The van der Waals surface area contributed by atoms with E-state index in [0.717, 1.165) is 5.69 Å². The Morgan fingerprint density at radius 3 is 3.06 bits per heavy atom. The van der Waals surface area contributed by atoms with Gasteiger partial charge < -0.3 is 10.3 Å². The van der Waals surface area contributed by atoms with Crippen molar-refractivity contribution in [1.29, 1.82) is 0 Å². The van der Waals surface area contributed by atoms with Crippen molar-refractivity contribution in [1.82, 2.24) is 20.3 Å². The second kappa shape index (κ2) is 5.44. The molecular weight excluding hydrogens is 234 g/mol. The fourth-order valence-corrected chi connectivity index (χ4v) is 1.67. The molecule has 1 aliphatic heterocycles. The van der Waals surface area contributed by atoms with Gasteiger partial charge in [-0.15, -0.1) is 0 Å². The molecule has 7 heteroatoms. The molecule has 0 spiro atoms. The zero-order chi connectivity index (χ0) is 13.0. The highest BCUT2D eigenvalue weighted by atomic mass is 16.2. The molecule has 2 rings (SSSR count). The number of rotatable bonds is 4. The first-order chi connectivity index (χ1) is 8.66. The summed E-state index contributed by atoms with van der Waals surface area (Å²) < 4.78 is 0. The first kappa shape index (κ1) is 12.3. The number of H-pyrrole nitrogens is 1. The molecular formula is C11H15N5O2. The maximum absolute atomic E-state index is 11.8. The van der Waals surface area contributed by atoms with Gasteiger partial charge in [-0.2, -0.15) is 5.10 Å². The highest BCUT2D eigenvalue weighted by molar-refractivity contribution is 6.39. The van der Waals surface area contributed by atoms with Gasteiger partial charge in [-0.25, -0.2) is 9.99 Å². The number of imidazole rings is 1. The second-order valence-electron chi connectivity index (χ2n) is 4.05. The molecule has 1 aliphatic rings. The summed E-state index contributed by atoms with van der Waals surface area (Å²) in [5, 5.41) is 7.93. The molecule has 18 heavy (non-hydrogen) atoms. The normalized spacial score (nSPS) is 15.5. The quantitative estimate of drug-likeness (QED) is 0.766. The highest BCUT2D eigenvalue weighted by Gasteiger charge is 2.21. The fourth-order valence-electron chi connectivity index (χ4n) is 1.67. The number of carbonyl (C=O) groups is 2. The van der Waals surface area contributed by atoms with E-state index in [9.17, 15) is 9.59 Å². The monoisotopic (exact) mass is 249 g/mol. The van der Waals surface area contributed by atoms with Gasteiger partial charge in [0.1, 0.15) is 5.71 Å². The average molecular weight is 249 g/mol. The van der Waals surface area contributed by atoms with E-state index in [0.29, 0.717) is 31.5 Å². The highest BCUT2D eigenvalue weighted by Crippen LogP contribution is 2.06. The van der Waals surface area contributed by atoms with Crippen LogP contribution < -0.4 is 5.32 Å². The van der Waals surface area contributed by atoms with Crippen LogP contribution in [0.3, 0.4) is 0 Å². The van der Waals surface area contributed by atoms with Crippen molar-refractivity contribution in [3.05, 3.63) is 18.2 Å². The van der Waals surface area contributed by atoms with E-state index in [4.69, 9.17) is 0 Å². The third-order valence-corrected chi connectivity index (χ3v) is 2.70. The second-order valence-corrected chi connectivity index (χ2v) is 4.05. The van der Waals surface area contributed by atoms with E-state index in [2.05, 4.69) is 20.4 Å². The summed E-state index contributed by atoms with van der Waals surface area (Å²) in [6.45, 7) is 0.512. The fraction of sp³-hybridized carbons (Fsp3) is 0.455. The first-order valence-corrected chi connectivity index (χ1v) is 5.76. The summed E-state index contributed by atoms with van der Waals surface area (Å²) in [5.41, 5.74) is 1.37. The third-order valence-electron chi connectivity index (χ3n) is 2.70. The molecule has 0 atom stereocenters. The van der Waals surface area contributed by atoms with Crippen molar-refractivity contribution in [2.75, 3.05) is 13.6 Å². The van der Waals surface area contributed by atoms with Crippen LogP contribution in [0.25, 0.3) is 0 Å². The molecule has 1 aromatic heterocycles. The number of hydrogen-bond donors (Lipinski definition) is 2. The van der Waals surface area contributed by atoms with Crippen LogP contribution in [-0.4, -0.2) is 46.1 Å². The third kappa shape index (κ3) is 2.93. The summed E-state index contributed by atoms with van der Waals surface area (Å²) in [5.74, 6) is -0.280. The number of aromatic amines is 1. The van der Waals surface area contributed by atoms with Gasteiger partial charge in [0.05, 0.1) is 6.33 Å². The lowest BCUT2D eigenvalue weighted by Crippen LogP contribution is -2.38. The molecule has 1 aromatic rings. The molecule has 2 amide bonds. The lowest BCUT2D eigenvalue weighted by molar-refractivity contribution is -0.130. The molecule has 7 nitrogen and oxygen atoms in total. The summed E-state index contributed by atoms with van der Waals surface area (Å²) in [7, 11) is 1.55. The standard InChI is InChI=1S/C11H15N5O2/c1-16-10(17)3-2-9(15-16)11(18)13-5-4-8-6-12-7-14-8/h6-7H,2-5H2,1H3,(H,12,14)(H,13,18). The smallest absolute Gasteiger partial charge is 0.267 e. The lowest BCUT2D eigenvalue weighted by atomic mass is 10.1. The van der Waals surface area contributed by atoms with Crippen LogP contribution in [0.2, 0.25) is 0 Å². The van der Waals surface area contributed by atoms with Crippen molar-refractivity contribution in [2.45, 2.75) is 19.3 Å². The summed E-state index contributed by atoms with van der Waals surface area (Å²) >= 11 is 0. The van der Waals surface area contributed by atoms with Gasteiger partial charge in [-0.05, 0) is 0 Å². The maximum Gasteiger partial charge on any atom is 0.267 e. The zero-order valence-corrected chi connectivity index (χ0v) is 10.1. The summed E-state index contributed by atoms with van der Waals surface area (Å²) in [4.78, 5) is 29.8. The predicted octanol–water partition coefficient (Wildman–Crippen LogP) is -0.323. The Balaban J connectivity index is 1.81. The minimum absolute atomic E-state index is 0.0657. The number of carbonyl (C=O) groups excluding carboxylic acids is 2. The number of hydrogen-bond acceptors (Lipinski definition) is 4. The number of amides is 2. The van der Waals surface area contributed by atoms with Gasteiger partial charge in [0.15, 0.2) is 0 Å². The Morgan fingerprint density at radius 1 is 1.56 bits per heavy atom. The Morgan fingerprint density at radius 2 is 2.39 bits per heavy atom. The molecule has 2 heterocycles. The first-order valence-electron chi connectivity index (χ1n) is 5.76. The molecule has 0 aromatic carbocycles. The van der Waals surface area contributed by atoms with Gasteiger partial charge >= 0.3 is 0 Å². The molecule has 0 radical (unpaired) electrons. The van der Waals surface area contributed by atoms with Crippen molar-refractivity contribution >= 4 is 17.5 Å². The topological polar surface area (TPSA) is 90.4 Å². The van der Waals surface area contributed by atoms with Crippen LogP contribution in [0.15, 0.2) is 17.6 Å². The van der Waals surface area contributed by atoms with Gasteiger partial charge in [-0.1, -0.05) is 0 Å². The molecule has 0 unspecified atom stereocenters. The molecule has 2 N–H and O–H groups in total. The maximum atomic E-state index is 11.8. The number of aromatic nitrogens is 2. The van der Waals surface area contributed by atoms with E-state index in [1.807, 2.05) is 0 Å². The average Bonchev–Trinajstić information content (AvgIpc) is 2.85. The van der Waals surface area contributed by atoms with Crippen LogP contribution in [-0.2, 0) is 16.0 Å².